The fourth-order valence-electron chi connectivity index (χ4n) is 2.74. The van der Waals surface area contributed by atoms with Crippen molar-refractivity contribution in [2.75, 3.05) is 33.3 Å². The number of carbonyl (C=O) groups excluding carboxylic acids is 1. The van der Waals surface area contributed by atoms with E-state index in [1.165, 1.54) is 12.1 Å². The zero-order valence-electron chi connectivity index (χ0n) is 14.2. The van der Waals surface area contributed by atoms with E-state index in [9.17, 15) is 14.0 Å². The molecule has 0 radical (unpaired) electrons. The van der Waals surface area contributed by atoms with Crippen LogP contribution >= 0.6 is 12.4 Å². The van der Waals surface area contributed by atoms with Gasteiger partial charge in [-0.25, -0.2) is 4.39 Å². The number of likely N-dealkylation sites (N-methyl/N-ethyl adjacent to an activating group) is 1. The smallest absolute Gasteiger partial charge is 0.320 e. The van der Waals surface area contributed by atoms with Gasteiger partial charge in [-0.3, -0.25) is 14.5 Å². The molecule has 1 amide bonds. The summed E-state index contributed by atoms with van der Waals surface area (Å²) in [6, 6.07) is 5.23. The normalized spacial score (nSPS) is 17.0. The number of carboxylic acid groups (broad SMARTS) is 1. The number of nitrogens with zero attached hydrogens (tertiary/aromatic N) is 2. The molecule has 2 rings (SSSR count). The standard InChI is InChI=1S/C17H23FN2O4.ClH/c1-19(9-3-11-24-14-7-5-13(18)6-8-14)16(21)12-20-10-2-4-15(20)17(22)23;/h5-8,15H,2-4,9-12H2,1H3,(H,22,23);1H/t15-;/m1./s1. The first-order valence-electron chi connectivity index (χ1n) is 8.06. The predicted molar refractivity (Wildman–Crippen MR) is 93.6 cm³/mol. The molecule has 1 aliphatic rings. The highest BCUT2D eigenvalue weighted by Gasteiger charge is 2.32. The number of ether oxygens (including phenoxy) is 1. The number of halogens is 2. The molecule has 25 heavy (non-hydrogen) atoms. The lowest BCUT2D eigenvalue weighted by atomic mass is 10.2. The van der Waals surface area contributed by atoms with Gasteiger partial charge >= 0.3 is 5.97 Å². The molecular weight excluding hydrogens is 351 g/mol. The highest BCUT2D eigenvalue weighted by atomic mass is 35.5. The van der Waals surface area contributed by atoms with E-state index >= 15 is 0 Å². The van der Waals surface area contributed by atoms with Gasteiger partial charge in [-0.05, 0) is 50.1 Å². The maximum atomic E-state index is 12.8. The molecule has 0 saturated carbocycles. The largest absolute Gasteiger partial charge is 0.494 e. The van der Waals surface area contributed by atoms with Crippen LogP contribution in [0.5, 0.6) is 5.75 Å². The lowest BCUT2D eigenvalue weighted by molar-refractivity contribution is -0.143. The minimum absolute atomic E-state index is 0. The summed E-state index contributed by atoms with van der Waals surface area (Å²) >= 11 is 0. The number of carbonyl (C=O) groups is 2. The average Bonchev–Trinajstić information content (AvgIpc) is 3.01. The lowest BCUT2D eigenvalue weighted by Crippen LogP contribution is -2.43. The maximum absolute atomic E-state index is 12.8. The van der Waals surface area contributed by atoms with Crippen LogP contribution in [0.3, 0.4) is 0 Å². The Bertz CT molecular complexity index is 570. The molecule has 1 fully saturated rings. The van der Waals surface area contributed by atoms with E-state index in [-0.39, 0.29) is 30.7 Å². The van der Waals surface area contributed by atoms with Gasteiger partial charge in [0.15, 0.2) is 0 Å². The number of hydrogen-bond acceptors (Lipinski definition) is 4. The Kier molecular flexibility index (Phi) is 8.65. The summed E-state index contributed by atoms with van der Waals surface area (Å²) in [4.78, 5) is 26.6. The predicted octanol–water partition coefficient (Wildman–Crippen LogP) is 2.02. The molecule has 0 bridgehead atoms. The van der Waals surface area contributed by atoms with Crippen molar-refractivity contribution in [1.82, 2.24) is 9.80 Å². The molecule has 1 heterocycles. The molecule has 0 aromatic heterocycles. The number of benzene rings is 1. The fraction of sp³-hybridized carbons (Fsp3) is 0.529. The van der Waals surface area contributed by atoms with Crippen LogP contribution in [0.4, 0.5) is 4.39 Å². The van der Waals surface area contributed by atoms with Gasteiger partial charge in [-0.2, -0.15) is 0 Å². The van der Waals surface area contributed by atoms with Crippen LogP contribution in [-0.4, -0.2) is 66.1 Å². The summed E-state index contributed by atoms with van der Waals surface area (Å²) in [6.45, 7) is 1.72. The van der Waals surface area contributed by atoms with Gasteiger partial charge in [0, 0.05) is 13.6 Å². The number of hydrogen-bond donors (Lipinski definition) is 1. The maximum Gasteiger partial charge on any atom is 0.320 e. The Morgan fingerprint density at radius 2 is 2.04 bits per heavy atom. The summed E-state index contributed by atoms with van der Waals surface area (Å²) < 4.78 is 18.3. The number of aliphatic carboxylic acids is 1. The first-order valence-corrected chi connectivity index (χ1v) is 8.06. The third-order valence-electron chi connectivity index (χ3n) is 4.13. The van der Waals surface area contributed by atoms with E-state index in [1.54, 1.807) is 29.0 Å². The summed E-state index contributed by atoms with van der Waals surface area (Å²) in [7, 11) is 1.70. The van der Waals surface area contributed by atoms with Crippen molar-refractivity contribution in [1.29, 1.82) is 0 Å². The van der Waals surface area contributed by atoms with Gasteiger partial charge in [-0.1, -0.05) is 0 Å². The molecule has 1 aliphatic heterocycles. The van der Waals surface area contributed by atoms with Crippen LogP contribution in [0.1, 0.15) is 19.3 Å². The van der Waals surface area contributed by atoms with Gasteiger partial charge in [-0.15, -0.1) is 12.4 Å². The average molecular weight is 375 g/mol. The van der Waals surface area contributed by atoms with Crippen LogP contribution in [0.2, 0.25) is 0 Å². The van der Waals surface area contributed by atoms with Crippen LogP contribution in [0, 0.1) is 5.82 Å². The third kappa shape index (κ3) is 6.51. The van der Waals surface area contributed by atoms with Crippen molar-refractivity contribution >= 4 is 24.3 Å². The van der Waals surface area contributed by atoms with Crippen molar-refractivity contribution in [2.45, 2.75) is 25.3 Å². The van der Waals surface area contributed by atoms with Gasteiger partial charge in [0.25, 0.3) is 0 Å². The minimum atomic E-state index is -0.865. The SMILES string of the molecule is CN(CCCOc1ccc(F)cc1)C(=O)CN1CCC[C@@H]1C(=O)O.Cl. The molecule has 0 aliphatic carbocycles. The fourth-order valence-corrected chi connectivity index (χ4v) is 2.74. The van der Waals surface area contributed by atoms with Gasteiger partial charge in [0.1, 0.15) is 17.6 Å². The highest BCUT2D eigenvalue weighted by Crippen LogP contribution is 2.17. The first-order chi connectivity index (χ1) is 11.5. The molecule has 1 aromatic carbocycles. The Labute approximate surface area is 153 Å². The van der Waals surface area contributed by atoms with Crippen molar-refractivity contribution in [2.24, 2.45) is 0 Å². The van der Waals surface area contributed by atoms with E-state index in [0.717, 1.165) is 6.42 Å². The third-order valence-corrected chi connectivity index (χ3v) is 4.13. The van der Waals surface area contributed by atoms with Crippen LogP contribution < -0.4 is 4.74 Å². The van der Waals surface area contributed by atoms with Crippen LogP contribution in [0.15, 0.2) is 24.3 Å². The Morgan fingerprint density at radius 3 is 2.68 bits per heavy atom. The minimum Gasteiger partial charge on any atom is -0.494 e. The van der Waals surface area contributed by atoms with E-state index in [1.807, 2.05) is 0 Å². The summed E-state index contributed by atoms with van der Waals surface area (Å²) in [5.74, 6) is -0.679. The zero-order chi connectivity index (χ0) is 17.5. The molecular formula is C17H24ClFN2O4. The van der Waals surface area contributed by atoms with Gasteiger partial charge in [0.2, 0.25) is 5.91 Å². The van der Waals surface area contributed by atoms with Crippen LogP contribution in [-0.2, 0) is 9.59 Å². The van der Waals surface area contributed by atoms with Crippen molar-refractivity contribution in [3.8, 4) is 5.75 Å². The van der Waals surface area contributed by atoms with Gasteiger partial charge < -0.3 is 14.7 Å². The molecule has 0 unspecified atom stereocenters. The van der Waals surface area contributed by atoms with Crippen molar-refractivity contribution in [3.63, 3.8) is 0 Å². The van der Waals surface area contributed by atoms with Crippen LogP contribution in [0.25, 0.3) is 0 Å². The Hall–Kier alpha value is -1.86. The van der Waals surface area contributed by atoms with E-state index < -0.39 is 12.0 Å². The number of likely N-dealkylation sites (tertiary alicyclic amines) is 1. The summed E-state index contributed by atoms with van der Waals surface area (Å²) in [6.07, 6.45) is 2.04. The number of amides is 1. The second-order valence-corrected chi connectivity index (χ2v) is 5.94. The second kappa shape index (κ2) is 10.2. The monoisotopic (exact) mass is 374 g/mol. The van der Waals surface area contributed by atoms with Crippen molar-refractivity contribution in [3.05, 3.63) is 30.1 Å². The Morgan fingerprint density at radius 1 is 1.36 bits per heavy atom. The molecule has 8 heteroatoms. The first kappa shape index (κ1) is 21.2. The van der Waals surface area contributed by atoms with Crippen molar-refractivity contribution < 1.29 is 23.8 Å². The molecule has 1 N–H and O–H groups in total. The molecule has 0 spiro atoms. The second-order valence-electron chi connectivity index (χ2n) is 5.94. The topological polar surface area (TPSA) is 70.1 Å². The Balaban J connectivity index is 0.00000312. The molecule has 6 nitrogen and oxygen atoms in total. The van der Waals surface area contributed by atoms with E-state index in [4.69, 9.17) is 9.84 Å². The quantitative estimate of drug-likeness (QED) is 0.705. The zero-order valence-corrected chi connectivity index (χ0v) is 15.0. The highest BCUT2D eigenvalue weighted by molar-refractivity contribution is 5.85. The van der Waals surface area contributed by atoms with E-state index in [2.05, 4.69) is 0 Å². The summed E-state index contributed by atoms with van der Waals surface area (Å²) in [5.41, 5.74) is 0. The molecule has 1 aromatic rings. The van der Waals surface area contributed by atoms with Gasteiger partial charge in [0.05, 0.1) is 13.2 Å². The van der Waals surface area contributed by atoms with E-state index in [0.29, 0.717) is 38.3 Å². The summed E-state index contributed by atoms with van der Waals surface area (Å²) in [5, 5.41) is 9.13. The lowest BCUT2D eigenvalue weighted by Gasteiger charge is -2.24. The molecule has 1 saturated heterocycles. The number of carboxylic acids is 1. The molecule has 1 atom stereocenters. The molecule has 140 valence electrons. The number of rotatable bonds is 8.